The summed E-state index contributed by atoms with van der Waals surface area (Å²) >= 11 is 0. The maximum Gasteiger partial charge on any atom is 0.153 e. The minimum Gasteiger partial charge on any atom is -0.359 e. The summed E-state index contributed by atoms with van der Waals surface area (Å²) in [5.74, 6) is 3.77. The molecule has 0 saturated carbocycles. The molecule has 0 saturated heterocycles. The Bertz CT molecular complexity index is 312. The van der Waals surface area contributed by atoms with E-state index in [4.69, 9.17) is 6.42 Å². The molecule has 0 fully saturated rings. The predicted molar refractivity (Wildman–Crippen MR) is 49.4 cm³/mol. The fourth-order valence-electron chi connectivity index (χ4n) is 0.712. The van der Waals surface area contributed by atoms with Gasteiger partial charge in [-0.1, -0.05) is 12.5 Å². The first-order chi connectivity index (χ1) is 5.86. The second-order valence-electron chi connectivity index (χ2n) is 2.06. The standard InChI is InChI=1S/C9H9N3/c1-3-6-10-9-5-7-11-8(4-2)12-9/h1,4-5,7H,2,6H2,(H,10,11,12). The summed E-state index contributed by atoms with van der Waals surface area (Å²) in [6.07, 6.45) is 8.31. The molecule has 1 heterocycles. The van der Waals surface area contributed by atoms with E-state index in [0.717, 1.165) is 5.82 Å². The van der Waals surface area contributed by atoms with Crippen molar-refractivity contribution < 1.29 is 0 Å². The maximum atomic E-state index is 5.07. The number of hydrogen-bond donors (Lipinski definition) is 1. The van der Waals surface area contributed by atoms with Gasteiger partial charge in [-0.25, -0.2) is 9.97 Å². The quantitative estimate of drug-likeness (QED) is 0.672. The first-order valence-corrected chi connectivity index (χ1v) is 3.49. The van der Waals surface area contributed by atoms with E-state index >= 15 is 0 Å². The SMILES string of the molecule is C#CCNc1ccnc(C=C)n1. The van der Waals surface area contributed by atoms with E-state index in [-0.39, 0.29) is 0 Å². The van der Waals surface area contributed by atoms with Crippen molar-refractivity contribution in [2.75, 3.05) is 11.9 Å². The number of nitrogens with zero attached hydrogens (tertiary/aromatic N) is 2. The molecule has 12 heavy (non-hydrogen) atoms. The Balaban J connectivity index is 2.74. The van der Waals surface area contributed by atoms with Gasteiger partial charge >= 0.3 is 0 Å². The monoisotopic (exact) mass is 159 g/mol. The van der Waals surface area contributed by atoms with Gasteiger partial charge in [0.25, 0.3) is 0 Å². The van der Waals surface area contributed by atoms with Gasteiger partial charge in [0, 0.05) is 6.20 Å². The van der Waals surface area contributed by atoms with Crippen LogP contribution in [0.2, 0.25) is 0 Å². The van der Waals surface area contributed by atoms with Crippen molar-refractivity contribution in [3.8, 4) is 12.3 Å². The van der Waals surface area contributed by atoms with Crippen molar-refractivity contribution >= 4 is 11.9 Å². The number of anilines is 1. The molecule has 0 radical (unpaired) electrons. The minimum atomic E-state index is 0.466. The van der Waals surface area contributed by atoms with Crippen molar-refractivity contribution in [3.63, 3.8) is 0 Å². The van der Waals surface area contributed by atoms with E-state index in [2.05, 4.69) is 27.8 Å². The van der Waals surface area contributed by atoms with Gasteiger partial charge in [-0.15, -0.1) is 6.42 Å². The molecule has 0 aliphatic carbocycles. The molecule has 0 unspecified atom stereocenters. The molecule has 1 aromatic heterocycles. The summed E-state index contributed by atoms with van der Waals surface area (Å²) in [4.78, 5) is 8.04. The van der Waals surface area contributed by atoms with Crippen LogP contribution in [0.25, 0.3) is 6.08 Å². The molecular formula is C9H9N3. The van der Waals surface area contributed by atoms with E-state index in [9.17, 15) is 0 Å². The second-order valence-corrected chi connectivity index (χ2v) is 2.06. The van der Waals surface area contributed by atoms with E-state index in [0.29, 0.717) is 12.4 Å². The summed E-state index contributed by atoms with van der Waals surface area (Å²) in [6.45, 7) is 4.03. The van der Waals surface area contributed by atoms with Crippen LogP contribution in [0.1, 0.15) is 5.82 Å². The topological polar surface area (TPSA) is 37.8 Å². The molecule has 1 N–H and O–H groups in total. The highest BCUT2D eigenvalue weighted by molar-refractivity contribution is 5.42. The van der Waals surface area contributed by atoms with Crippen molar-refractivity contribution in [2.45, 2.75) is 0 Å². The third kappa shape index (κ3) is 2.10. The lowest BCUT2D eigenvalue weighted by atomic mass is 10.5. The minimum absolute atomic E-state index is 0.466. The summed E-state index contributed by atoms with van der Waals surface area (Å²) < 4.78 is 0. The van der Waals surface area contributed by atoms with Gasteiger partial charge in [-0.2, -0.15) is 0 Å². The molecule has 1 aromatic rings. The molecule has 0 aliphatic rings. The van der Waals surface area contributed by atoms with E-state index in [1.807, 2.05) is 0 Å². The van der Waals surface area contributed by atoms with Crippen LogP contribution in [0, 0.1) is 12.3 Å². The zero-order chi connectivity index (χ0) is 8.81. The largest absolute Gasteiger partial charge is 0.359 e. The van der Waals surface area contributed by atoms with Gasteiger partial charge < -0.3 is 5.32 Å². The summed E-state index contributed by atoms with van der Waals surface area (Å²) in [5, 5.41) is 2.93. The van der Waals surface area contributed by atoms with E-state index in [1.165, 1.54) is 0 Å². The van der Waals surface area contributed by atoms with Crippen LogP contribution in [-0.4, -0.2) is 16.5 Å². The van der Waals surface area contributed by atoms with Crippen LogP contribution in [-0.2, 0) is 0 Å². The summed E-state index contributed by atoms with van der Waals surface area (Å²) in [7, 11) is 0. The van der Waals surface area contributed by atoms with Crippen molar-refractivity contribution in [2.24, 2.45) is 0 Å². The Morgan fingerprint density at radius 3 is 3.25 bits per heavy atom. The number of nitrogens with one attached hydrogen (secondary N) is 1. The predicted octanol–water partition coefficient (Wildman–Crippen LogP) is 1.16. The molecule has 60 valence electrons. The van der Waals surface area contributed by atoms with Gasteiger partial charge in [0.15, 0.2) is 5.82 Å². The molecule has 3 heteroatoms. The third-order valence-corrected chi connectivity index (χ3v) is 1.23. The molecule has 0 aliphatic heterocycles. The van der Waals surface area contributed by atoms with Crippen molar-refractivity contribution in [1.29, 1.82) is 0 Å². The normalized spacial score (nSPS) is 8.58. The van der Waals surface area contributed by atoms with Crippen LogP contribution in [0.4, 0.5) is 5.82 Å². The van der Waals surface area contributed by atoms with Crippen LogP contribution >= 0.6 is 0 Å². The lowest BCUT2D eigenvalue weighted by Crippen LogP contribution is -2.01. The van der Waals surface area contributed by atoms with E-state index in [1.54, 1.807) is 18.3 Å². The Kier molecular flexibility index (Phi) is 2.86. The highest BCUT2D eigenvalue weighted by atomic mass is 15.0. The Morgan fingerprint density at radius 1 is 1.75 bits per heavy atom. The van der Waals surface area contributed by atoms with Crippen LogP contribution in [0.5, 0.6) is 0 Å². The smallest absolute Gasteiger partial charge is 0.153 e. The van der Waals surface area contributed by atoms with Crippen LogP contribution in [0.3, 0.4) is 0 Å². The van der Waals surface area contributed by atoms with Gasteiger partial charge in [0.2, 0.25) is 0 Å². The number of hydrogen-bond acceptors (Lipinski definition) is 3. The number of aromatic nitrogens is 2. The second kappa shape index (κ2) is 4.14. The molecule has 0 amide bonds. The molecule has 1 rings (SSSR count). The maximum absolute atomic E-state index is 5.07. The zero-order valence-electron chi connectivity index (χ0n) is 6.62. The van der Waals surface area contributed by atoms with E-state index < -0.39 is 0 Å². The average Bonchev–Trinajstić information content (AvgIpc) is 2.15. The number of terminal acetylenes is 1. The Hall–Kier alpha value is -1.82. The highest BCUT2D eigenvalue weighted by Gasteiger charge is 1.92. The Labute approximate surface area is 71.6 Å². The van der Waals surface area contributed by atoms with Gasteiger partial charge in [0.05, 0.1) is 6.54 Å². The van der Waals surface area contributed by atoms with Gasteiger partial charge in [-0.05, 0) is 12.1 Å². The first-order valence-electron chi connectivity index (χ1n) is 3.49. The first kappa shape index (κ1) is 8.28. The zero-order valence-corrected chi connectivity index (χ0v) is 6.62. The fourth-order valence-corrected chi connectivity index (χ4v) is 0.712. The lowest BCUT2D eigenvalue weighted by molar-refractivity contribution is 1.12. The van der Waals surface area contributed by atoms with Gasteiger partial charge in [-0.3, -0.25) is 0 Å². The highest BCUT2D eigenvalue weighted by Crippen LogP contribution is 2.01. The van der Waals surface area contributed by atoms with Crippen LogP contribution < -0.4 is 5.32 Å². The molecule has 0 spiro atoms. The molecule has 0 aromatic carbocycles. The lowest BCUT2D eigenvalue weighted by Gasteiger charge is -2.00. The molecular weight excluding hydrogens is 150 g/mol. The average molecular weight is 159 g/mol. The number of rotatable bonds is 3. The van der Waals surface area contributed by atoms with Crippen molar-refractivity contribution in [3.05, 3.63) is 24.7 Å². The summed E-state index contributed by atoms with van der Waals surface area (Å²) in [6, 6.07) is 1.75. The third-order valence-electron chi connectivity index (χ3n) is 1.23. The Morgan fingerprint density at radius 2 is 2.58 bits per heavy atom. The van der Waals surface area contributed by atoms with Crippen molar-refractivity contribution in [1.82, 2.24) is 9.97 Å². The van der Waals surface area contributed by atoms with Crippen LogP contribution in [0.15, 0.2) is 18.8 Å². The summed E-state index contributed by atoms with van der Waals surface area (Å²) in [5.41, 5.74) is 0. The van der Waals surface area contributed by atoms with Gasteiger partial charge in [0.1, 0.15) is 5.82 Å². The molecule has 0 bridgehead atoms. The molecule has 0 atom stereocenters. The molecule has 3 nitrogen and oxygen atoms in total. The fraction of sp³-hybridized carbons (Fsp3) is 0.111.